The van der Waals surface area contributed by atoms with Crippen molar-refractivity contribution in [2.24, 2.45) is 5.92 Å². The van der Waals surface area contributed by atoms with Gasteiger partial charge < -0.3 is 10.6 Å². The first-order valence-corrected chi connectivity index (χ1v) is 5.36. The molecule has 1 aromatic heterocycles. The minimum absolute atomic E-state index is 0.357. The summed E-state index contributed by atoms with van der Waals surface area (Å²) in [5.41, 5.74) is 6.11. The zero-order chi connectivity index (χ0) is 10.1. The van der Waals surface area contributed by atoms with Crippen LogP contribution in [0.15, 0.2) is 0 Å². The average Bonchev–Trinajstić information content (AvgIpc) is 2.88. The molecule has 1 heterocycles. The Labute approximate surface area is 87.1 Å². The summed E-state index contributed by atoms with van der Waals surface area (Å²) in [6.07, 6.45) is 2.61. The fourth-order valence-electron chi connectivity index (χ4n) is 1.43. The lowest BCUT2D eigenvalue weighted by Crippen LogP contribution is -2.19. The molecule has 2 rings (SSSR count). The van der Waals surface area contributed by atoms with Gasteiger partial charge in [-0.05, 0) is 30.3 Å². The van der Waals surface area contributed by atoms with Crippen molar-refractivity contribution in [2.75, 3.05) is 24.2 Å². The molecule has 14 heavy (non-hydrogen) atoms. The van der Waals surface area contributed by atoms with Crippen molar-refractivity contribution >= 4 is 22.4 Å². The Balaban J connectivity index is 2.17. The second kappa shape index (κ2) is 3.46. The predicted molar refractivity (Wildman–Crippen MR) is 57.2 cm³/mol. The molecule has 1 aromatic rings. The van der Waals surface area contributed by atoms with Crippen LogP contribution < -0.4 is 10.6 Å². The Morgan fingerprint density at radius 2 is 2.43 bits per heavy atom. The van der Waals surface area contributed by atoms with Gasteiger partial charge in [0.1, 0.15) is 16.6 Å². The molecule has 0 atom stereocenters. The Hall–Kier alpha value is -1.28. The molecule has 1 saturated carbocycles. The highest BCUT2D eigenvalue weighted by Crippen LogP contribution is 2.34. The highest BCUT2D eigenvalue weighted by Gasteiger charge is 2.25. The van der Waals surface area contributed by atoms with Gasteiger partial charge in [0.15, 0.2) is 5.82 Å². The van der Waals surface area contributed by atoms with Crippen LogP contribution >= 0.6 is 11.5 Å². The van der Waals surface area contributed by atoms with Gasteiger partial charge in [-0.2, -0.15) is 9.64 Å². The number of hydrogen-bond donors (Lipinski definition) is 1. The van der Waals surface area contributed by atoms with Crippen LogP contribution in [0.2, 0.25) is 0 Å². The molecule has 74 valence electrons. The Morgan fingerprint density at radius 1 is 1.71 bits per heavy atom. The molecular formula is C9H12N4S. The van der Waals surface area contributed by atoms with Crippen molar-refractivity contribution in [3.8, 4) is 6.07 Å². The summed E-state index contributed by atoms with van der Waals surface area (Å²) in [5.74, 6) is 1.16. The van der Waals surface area contributed by atoms with E-state index in [1.807, 2.05) is 7.05 Å². The smallest absolute Gasteiger partial charge is 0.157 e. The van der Waals surface area contributed by atoms with Gasteiger partial charge in [0, 0.05) is 13.6 Å². The van der Waals surface area contributed by atoms with E-state index >= 15 is 0 Å². The van der Waals surface area contributed by atoms with E-state index in [4.69, 9.17) is 11.0 Å². The summed E-state index contributed by atoms with van der Waals surface area (Å²) >= 11 is 1.31. The maximum atomic E-state index is 8.90. The number of rotatable bonds is 3. The third-order valence-corrected chi connectivity index (χ3v) is 3.36. The lowest BCUT2D eigenvalue weighted by Gasteiger charge is -2.15. The van der Waals surface area contributed by atoms with Crippen LogP contribution in [0.5, 0.6) is 0 Å². The summed E-state index contributed by atoms with van der Waals surface area (Å²) in [7, 11) is 1.99. The first-order valence-electron chi connectivity index (χ1n) is 4.58. The number of nitrogens with two attached hydrogens (primary N) is 1. The molecule has 1 fully saturated rings. The molecule has 1 aliphatic rings. The number of hydrogen-bond acceptors (Lipinski definition) is 5. The maximum Gasteiger partial charge on any atom is 0.157 e. The van der Waals surface area contributed by atoms with E-state index in [1.54, 1.807) is 0 Å². The van der Waals surface area contributed by atoms with E-state index in [0.29, 0.717) is 11.4 Å². The predicted octanol–water partition coefficient (Wildman–Crippen LogP) is 1.44. The number of nitriles is 1. The molecule has 0 unspecified atom stereocenters. The Bertz CT molecular complexity index is 375. The largest absolute Gasteiger partial charge is 0.382 e. The van der Waals surface area contributed by atoms with Crippen molar-refractivity contribution in [1.29, 1.82) is 5.26 Å². The second-order valence-corrected chi connectivity index (χ2v) is 4.44. The molecule has 0 saturated heterocycles. The fraction of sp³-hybridized carbons (Fsp3) is 0.556. The number of nitrogen functional groups attached to an aromatic ring is 1. The van der Waals surface area contributed by atoms with Crippen LogP contribution in [0.3, 0.4) is 0 Å². The van der Waals surface area contributed by atoms with Gasteiger partial charge in [-0.3, -0.25) is 0 Å². The highest BCUT2D eigenvalue weighted by molar-refractivity contribution is 7.10. The van der Waals surface area contributed by atoms with Gasteiger partial charge in [-0.15, -0.1) is 0 Å². The quantitative estimate of drug-likeness (QED) is 0.816. The summed E-state index contributed by atoms with van der Waals surface area (Å²) in [4.78, 5) is 2.09. The van der Waals surface area contributed by atoms with Crippen LogP contribution in [0.4, 0.5) is 10.8 Å². The molecule has 0 spiro atoms. The van der Waals surface area contributed by atoms with Crippen LogP contribution in [-0.4, -0.2) is 18.0 Å². The SMILES string of the molecule is CN(CC1CC1)c1snc(N)c1C#N. The third kappa shape index (κ3) is 1.66. The molecule has 0 bridgehead atoms. The molecule has 0 aromatic carbocycles. The Kier molecular flexibility index (Phi) is 2.30. The summed E-state index contributed by atoms with van der Waals surface area (Å²) in [6.45, 7) is 1.01. The zero-order valence-corrected chi connectivity index (χ0v) is 8.84. The first kappa shape index (κ1) is 9.28. The van der Waals surface area contributed by atoms with Crippen LogP contribution in [0.1, 0.15) is 18.4 Å². The molecule has 5 heteroatoms. The standard InChI is InChI=1S/C9H12N4S/c1-13(5-6-2-3-6)9-7(4-10)8(11)12-14-9/h6H,2-3,5H2,1H3,(H2,11,12). The maximum absolute atomic E-state index is 8.90. The third-order valence-electron chi connectivity index (χ3n) is 2.39. The minimum atomic E-state index is 0.357. The first-order chi connectivity index (χ1) is 6.72. The average molecular weight is 208 g/mol. The number of anilines is 2. The van der Waals surface area contributed by atoms with Crippen LogP contribution in [0.25, 0.3) is 0 Å². The van der Waals surface area contributed by atoms with Crippen molar-refractivity contribution in [1.82, 2.24) is 4.37 Å². The molecule has 4 nitrogen and oxygen atoms in total. The van der Waals surface area contributed by atoms with Crippen molar-refractivity contribution in [3.05, 3.63) is 5.56 Å². The van der Waals surface area contributed by atoms with Crippen LogP contribution in [0, 0.1) is 17.2 Å². The van der Waals surface area contributed by atoms with Crippen molar-refractivity contribution in [2.45, 2.75) is 12.8 Å². The summed E-state index contributed by atoms with van der Waals surface area (Å²) in [6, 6.07) is 2.10. The van der Waals surface area contributed by atoms with Crippen molar-refractivity contribution in [3.63, 3.8) is 0 Å². The monoisotopic (exact) mass is 208 g/mol. The lowest BCUT2D eigenvalue weighted by molar-refractivity contribution is 0.792. The van der Waals surface area contributed by atoms with Gasteiger partial charge in [-0.1, -0.05) is 0 Å². The molecule has 1 aliphatic carbocycles. The highest BCUT2D eigenvalue weighted by atomic mass is 32.1. The molecule has 0 radical (unpaired) electrons. The topological polar surface area (TPSA) is 65.9 Å². The van der Waals surface area contributed by atoms with E-state index in [0.717, 1.165) is 17.5 Å². The van der Waals surface area contributed by atoms with Gasteiger partial charge in [-0.25, -0.2) is 0 Å². The molecule has 0 aliphatic heterocycles. The fourth-order valence-corrected chi connectivity index (χ4v) is 2.16. The van der Waals surface area contributed by atoms with E-state index in [-0.39, 0.29) is 0 Å². The lowest BCUT2D eigenvalue weighted by atomic mass is 10.3. The second-order valence-electron chi connectivity index (χ2n) is 3.68. The van der Waals surface area contributed by atoms with Gasteiger partial charge in [0.25, 0.3) is 0 Å². The van der Waals surface area contributed by atoms with E-state index in [9.17, 15) is 0 Å². The van der Waals surface area contributed by atoms with E-state index < -0.39 is 0 Å². The summed E-state index contributed by atoms with van der Waals surface area (Å²) in [5, 5.41) is 9.80. The molecule has 2 N–H and O–H groups in total. The normalized spacial score (nSPS) is 15.1. The zero-order valence-electron chi connectivity index (χ0n) is 8.03. The van der Waals surface area contributed by atoms with E-state index in [2.05, 4.69) is 15.3 Å². The minimum Gasteiger partial charge on any atom is -0.382 e. The van der Waals surface area contributed by atoms with Gasteiger partial charge in [0.05, 0.1) is 0 Å². The van der Waals surface area contributed by atoms with Crippen LogP contribution in [-0.2, 0) is 0 Å². The Morgan fingerprint density at radius 3 is 3.00 bits per heavy atom. The van der Waals surface area contributed by atoms with Gasteiger partial charge in [0.2, 0.25) is 0 Å². The van der Waals surface area contributed by atoms with Gasteiger partial charge >= 0.3 is 0 Å². The summed E-state index contributed by atoms with van der Waals surface area (Å²) < 4.78 is 3.99. The molecule has 0 amide bonds. The number of aromatic nitrogens is 1. The number of nitrogens with zero attached hydrogens (tertiary/aromatic N) is 3. The van der Waals surface area contributed by atoms with E-state index in [1.165, 1.54) is 24.4 Å². The molecular weight excluding hydrogens is 196 g/mol. The van der Waals surface area contributed by atoms with Crippen molar-refractivity contribution < 1.29 is 0 Å².